The third kappa shape index (κ3) is 4.71. The first-order valence-corrected chi connectivity index (χ1v) is 7.73. The van der Waals surface area contributed by atoms with Crippen molar-refractivity contribution < 1.29 is 9.59 Å². The number of carbonyl (C=O) groups is 2. The maximum absolute atomic E-state index is 12.0. The molecule has 2 aromatic carbocycles. The van der Waals surface area contributed by atoms with Gasteiger partial charge in [-0.2, -0.15) is 0 Å². The Kier molecular flexibility index (Phi) is 5.64. The molecule has 0 aromatic heterocycles. The normalized spacial score (nSPS) is 10.3. The van der Waals surface area contributed by atoms with Crippen LogP contribution in [0.5, 0.6) is 0 Å². The Hall–Kier alpha value is -2.04. The minimum absolute atomic E-state index is 0.142. The summed E-state index contributed by atoms with van der Waals surface area (Å²) in [6, 6.07) is 10.3. The fourth-order valence-corrected chi connectivity index (χ4v) is 2.67. The first-order valence-electron chi connectivity index (χ1n) is 6.97. The first kappa shape index (κ1) is 17.3. The van der Waals surface area contributed by atoms with E-state index in [1.54, 1.807) is 0 Å². The van der Waals surface area contributed by atoms with Crippen LogP contribution in [-0.2, 0) is 4.79 Å². The van der Waals surface area contributed by atoms with Crippen LogP contribution in [0.25, 0.3) is 0 Å². The minimum Gasteiger partial charge on any atom is -0.343 e. The smallest absolute Gasteiger partial charge is 0.251 e. The molecule has 0 unspecified atom stereocenters. The molecule has 4 nitrogen and oxygen atoms in total. The number of hydrogen-bond acceptors (Lipinski definition) is 2. The Balaban J connectivity index is 1.97. The van der Waals surface area contributed by atoms with E-state index in [9.17, 15) is 9.59 Å². The van der Waals surface area contributed by atoms with Gasteiger partial charge in [0.15, 0.2) is 0 Å². The molecule has 0 spiro atoms. The van der Waals surface area contributed by atoms with Gasteiger partial charge >= 0.3 is 0 Å². The second-order valence-corrected chi connectivity index (χ2v) is 6.03. The summed E-state index contributed by atoms with van der Waals surface area (Å²) >= 11 is 11.7. The van der Waals surface area contributed by atoms with Gasteiger partial charge in [-0.1, -0.05) is 41.4 Å². The van der Waals surface area contributed by atoms with Crippen LogP contribution in [-0.4, -0.2) is 18.4 Å². The molecule has 0 fully saturated rings. The molecule has 2 aromatic rings. The molecule has 2 rings (SSSR count). The van der Waals surface area contributed by atoms with Gasteiger partial charge in [0.1, 0.15) is 0 Å². The maximum atomic E-state index is 12.0. The molecule has 0 atom stereocenters. The summed E-state index contributed by atoms with van der Waals surface area (Å²) < 4.78 is 0. The predicted octanol–water partition coefficient (Wildman–Crippen LogP) is 3.98. The molecular weight excluding hydrogens is 335 g/mol. The largest absolute Gasteiger partial charge is 0.343 e. The molecule has 0 heterocycles. The number of carbonyl (C=O) groups excluding carboxylic acids is 2. The fourth-order valence-electron chi connectivity index (χ4n) is 2.14. The summed E-state index contributed by atoms with van der Waals surface area (Å²) in [6.07, 6.45) is 0. The van der Waals surface area contributed by atoms with Crippen molar-refractivity contribution in [1.82, 2.24) is 5.32 Å². The molecule has 0 aliphatic rings. The number of para-hydroxylation sites is 1. The Bertz CT molecular complexity index is 720. The van der Waals surface area contributed by atoms with Crippen LogP contribution in [0.15, 0.2) is 36.4 Å². The molecule has 2 N–H and O–H groups in total. The van der Waals surface area contributed by atoms with Gasteiger partial charge in [0, 0.05) is 21.3 Å². The highest BCUT2D eigenvalue weighted by molar-refractivity contribution is 6.35. The number of nitrogens with one attached hydrogen (secondary N) is 2. The Morgan fingerprint density at radius 3 is 2.13 bits per heavy atom. The SMILES string of the molecule is Cc1cccc(C)c1NC(=O)CNC(=O)c1cc(Cl)cc(Cl)c1. The van der Waals surface area contributed by atoms with Crippen molar-refractivity contribution in [3.63, 3.8) is 0 Å². The van der Waals surface area contributed by atoms with Gasteiger partial charge in [-0.3, -0.25) is 9.59 Å². The van der Waals surface area contributed by atoms with E-state index >= 15 is 0 Å². The van der Waals surface area contributed by atoms with Crippen LogP contribution in [0.4, 0.5) is 5.69 Å². The lowest BCUT2D eigenvalue weighted by Crippen LogP contribution is -2.33. The van der Waals surface area contributed by atoms with Crippen molar-refractivity contribution in [2.75, 3.05) is 11.9 Å². The first-order chi connectivity index (χ1) is 10.9. The Morgan fingerprint density at radius 2 is 1.57 bits per heavy atom. The Labute approximate surface area is 144 Å². The van der Waals surface area contributed by atoms with Crippen LogP contribution < -0.4 is 10.6 Å². The highest BCUT2D eigenvalue weighted by Crippen LogP contribution is 2.20. The minimum atomic E-state index is -0.411. The van der Waals surface area contributed by atoms with Gasteiger partial charge in [-0.05, 0) is 43.2 Å². The second-order valence-electron chi connectivity index (χ2n) is 5.16. The third-order valence-corrected chi connectivity index (χ3v) is 3.72. The molecule has 2 amide bonds. The van der Waals surface area contributed by atoms with Gasteiger partial charge in [0.2, 0.25) is 5.91 Å². The summed E-state index contributed by atoms with van der Waals surface area (Å²) in [5, 5.41) is 6.07. The number of rotatable bonds is 4. The van der Waals surface area contributed by atoms with E-state index < -0.39 is 5.91 Å². The monoisotopic (exact) mass is 350 g/mol. The quantitative estimate of drug-likeness (QED) is 0.875. The fraction of sp³-hybridized carbons (Fsp3) is 0.176. The highest BCUT2D eigenvalue weighted by atomic mass is 35.5. The number of amides is 2. The lowest BCUT2D eigenvalue weighted by Gasteiger charge is -2.12. The topological polar surface area (TPSA) is 58.2 Å². The Morgan fingerprint density at radius 1 is 1.00 bits per heavy atom. The van der Waals surface area contributed by atoms with Crippen LogP contribution in [0.3, 0.4) is 0 Å². The van der Waals surface area contributed by atoms with Crippen LogP contribution in [0.1, 0.15) is 21.5 Å². The molecule has 0 saturated heterocycles. The summed E-state index contributed by atoms with van der Waals surface area (Å²) in [4.78, 5) is 24.0. The average Bonchev–Trinajstić information content (AvgIpc) is 2.47. The number of hydrogen-bond donors (Lipinski definition) is 2. The van der Waals surface area contributed by atoms with Gasteiger partial charge < -0.3 is 10.6 Å². The summed E-state index contributed by atoms with van der Waals surface area (Å²) in [5.74, 6) is -0.713. The zero-order chi connectivity index (χ0) is 17.0. The molecule has 0 radical (unpaired) electrons. The molecule has 0 aliphatic heterocycles. The predicted molar refractivity (Wildman–Crippen MR) is 93.3 cm³/mol. The zero-order valence-electron chi connectivity index (χ0n) is 12.7. The molecular formula is C17H16Cl2N2O2. The number of anilines is 1. The average molecular weight is 351 g/mol. The summed E-state index contributed by atoms with van der Waals surface area (Å²) in [6.45, 7) is 3.68. The molecule has 0 aliphatic carbocycles. The van der Waals surface area contributed by atoms with Crippen molar-refractivity contribution in [3.05, 3.63) is 63.1 Å². The van der Waals surface area contributed by atoms with Gasteiger partial charge in [-0.25, -0.2) is 0 Å². The number of halogens is 2. The highest BCUT2D eigenvalue weighted by Gasteiger charge is 2.11. The molecule has 120 valence electrons. The van der Waals surface area contributed by atoms with Crippen LogP contribution >= 0.6 is 23.2 Å². The van der Waals surface area contributed by atoms with Gasteiger partial charge in [-0.15, -0.1) is 0 Å². The number of benzene rings is 2. The van der Waals surface area contributed by atoms with Crippen molar-refractivity contribution in [3.8, 4) is 0 Å². The van der Waals surface area contributed by atoms with E-state index in [0.29, 0.717) is 15.6 Å². The van der Waals surface area contributed by atoms with E-state index in [2.05, 4.69) is 10.6 Å². The van der Waals surface area contributed by atoms with Crippen LogP contribution in [0.2, 0.25) is 10.0 Å². The lowest BCUT2D eigenvalue weighted by molar-refractivity contribution is -0.115. The molecule has 0 bridgehead atoms. The van der Waals surface area contributed by atoms with Crippen molar-refractivity contribution in [2.24, 2.45) is 0 Å². The van der Waals surface area contributed by atoms with Gasteiger partial charge in [0.05, 0.1) is 6.54 Å². The third-order valence-electron chi connectivity index (χ3n) is 3.28. The van der Waals surface area contributed by atoms with E-state index in [0.717, 1.165) is 16.8 Å². The summed E-state index contributed by atoms with van der Waals surface area (Å²) in [7, 11) is 0. The van der Waals surface area contributed by atoms with Crippen molar-refractivity contribution in [2.45, 2.75) is 13.8 Å². The van der Waals surface area contributed by atoms with Gasteiger partial charge in [0.25, 0.3) is 5.91 Å². The van der Waals surface area contributed by atoms with Crippen molar-refractivity contribution >= 4 is 40.7 Å². The summed E-state index contributed by atoms with van der Waals surface area (Å²) in [5.41, 5.74) is 3.00. The molecule has 0 saturated carbocycles. The zero-order valence-corrected chi connectivity index (χ0v) is 14.3. The van der Waals surface area contributed by atoms with E-state index in [1.165, 1.54) is 18.2 Å². The van der Waals surface area contributed by atoms with E-state index in [1.807, 2.05) is 32.0 Å². The molecule has 6 heteroatoms. The second kappa shape index (κ2) is 7.49. The lowest BCUT2D eigenvalue weighted by atomic mass is 10.1. The van der Waals surface area contributed by atoms with Crippen molar-refractivity contribution in [1.29, 1.82) is 0 Å². The number of aryl methyl sites for hydroxylation is 2. The van der Waals surface area contributed by atoms with E-state index in [4.69, 9.17) is 23.2 Å². The maximum Gasteiger partial charge on any atom is 0.251 e. The standard InChI is InChI=1S/C17H16Cl2N2O2/c1-10-4-3-5-11(2)16(10)21-15(22)9-20-17(23)12-6-13(18)8-14(19)7-12/h3-8H,9H2,1-2H3,(H,20,23)(H,21,22). The van der Waals surface area contributed by atoms with E-state index in [-0.39, 0.29) is 12.5 Å². The molecule has 23 heavy (non-hydrogen) atoms. The van der Waals surface area contributed by atoms with Crippen LogP contribution in [0, 0.1) is 13.8 Å².